The molecular weight excluding hydrogens is 224 g/mol. The topological polar surface area (TPSA) is 32.3 Å². The minimum Gasteiger partial charge on any atom is -0.344 e. The Kier molecular flexibility index (Phi) is 4.02. The maximum atomic E-state index is 12.5. The van der Waals surface area contributed by atoms with E-state index in [4.69, 9.17) is 0 Å². The van der Waals surface area contributed by atoms with E-state index in [1.54, 1.807) is 0 Å². The normalized spacial score (nSPS) is 18.6. The summed E-state index contributed by atoms with van der Waals surface area (Å²) in [5, 5.41) is 3.34. The first kappa shape index (κ1) is 13.1. The lowest BCUT2D eigenvalue weighted by Gasteiger charge is -2.30. The van der Waals surface area contributed by atoms with Crippen LogP contribution in [0.4, 0.5) is 0 Å². The highest BCUT2D eigenvalue weighted by molar-refractivity contribution is 5.83. The molecule has 3 heteroatoms. The lowest BCUT2D eigenvalue weighted by atomic mass is 9.93. The summed E-state index contributed by atoms with van der Waals surface area (Å²) in [4.78, 5) is 14.3. The molecule has 1 aliphatic heterocycles. The lowest BCUT2D eigenvalue weighted by Crippen LogP contribution is -2.43. The molecule has 1 amide bonds. The van der Waals surface area contributed by atoms with Crippen LogP contribution in [0.3, 0.4) is 0 Å². The fourth-order valence-electron chi connectivity index (χ4n) is 2.58. The van der Waals surface area contributed by atoms with Gasteiger partial charge in [0.15, 0.2) is 0 Å². The summed E-state index contributed by atoms with van der Waals surface area (Å²) in [7, 11) is 1.89. The van der Waals surface area contributed by atoms with Gasteiger partial charge in [0.2, 0.25) is 5.91 Å². The van der Waals surface area contributed by atoms with E-state index in [0.717, 1.165) is 25.1 Å². The number of likely N-dealkylation sites (N-methyl/N-ethyl adjacent to an activating group) is 1. The summed E-state index contributed by atoms with van der Waals surface area (Å²) in [5.41, 5.74) is 2.44. The van der Waals surface area contributed by atoms with Crippen molar-refractivity contribution >= 4 is 5.91 Å². The smallest absolute Gasteiger partial charge is 0.244 e. The molecule has 0 aliphatic carbocycles. The van der Waals surface area contributed by atoms with Gasteiger partial charge in [-0.1, -0.05) is 38.1 Å². The van der Waals surface area contributed by atoms with Crippen LogP contribution < -0.4 is 5.32 Å². The highest BCUT2D eigenvalue weighted by atomic mass is 16.2. The van der Waals surface area contributed by atoms with Crippen molar-refractivity contribution in [3.63, 3.8) is 0 Å². The molecule has 0 spiro atoms. The number of rotatable bonds is 3. The SMILES string of the molecule is CC(C)CN(C)C(=O)C1NCCc2ccccc21. The molecule has 1 aliphatic rings. The Hall–Kier alpha value is -1.35. The van der Waals surface area contributed by atoms with E-state index in [1.807, 2.05) is 24.1 Å². The van der Waals surface area contributed by atoms with Crippen LogP contribution in [0.2, 0.25) is 0 Å². The van der Waals surface area contributed by atoms with E-state index in [9.17, 15) is 4.79 Å². The van der Waals surface area contributed by atoms with Gasteiger partial charge in [0, 0.05) is 20.1 Å². The zero-order valence-corrected chi connectivity index (χ0v) is 11.4. The number of hydrogen-bond acceptors (Lipinski definition) is 2. The number of hydrogen-bond donors (Lipinski definition) is 1. The predicted molar refractivity (Wildman–Crippen MR) is 73.4 cm³/mol. The van der Waals surface area contributed by atoms with Crippen molar-refractivity contribution in [2.45, 2.75) is 26.3 Å². The van der Waals surface area contributed by atoms with Crippen LogP contribution in [0.25, 0.3) is 0 Å². The maximum Gasteiger partial charge on any atom is 0.244 e. The number of nitrogens with one attached hydrogen (secondary N) is 1. The molecule has 1 unspecified atom stereocenters. The van der Waals surface area contributed by atoms with Crippen molar-refractivity contribution in [3.05, 3.63) is 35.4 Å². The Balaban J connectivity index is 2.17. The Morgan fingerprint density at radius 3 is 2.89 bits per heavy atom. The second kappa shape index (κ2) is 5.53. The van der Waals surface area contributed by atoms with Crippen molar-refractivity contribution in [2.75, 3.05) is 20.1 Å². The summed E-state index contributed by atoms with van der Waals surface area (Å²) in [6, 6.07) is 8.07. The van der Waals surface area contributed by atoms with E-state index in [0.29, 0.717) is 5.92 Å². The molecule has 0 saturated heterocycles. The molecule has 0 aromatic heterocycles. The van der Waals surface area contributed by atoms with Gasteiger partial charge < -0.3 is 10.2 Å². The maximum absolute atomic E-state index is 12.5. The first-order chi connectivity index (χ1) is 8.59. The predicted octanol–water partition coefficient (Wildman–Crippen LogP) is 1.99. The van der Waals surface area contributed by atoms with Gasteiger partial charge in [-0.25, -0.2) is 0 Å². The molecule has 0 fully saturated rings. The van der Waals surface area contributed by atoms with Crippen molar-refractivity contribution in [3.8, 4) is 0 Å². The fourth-order valence-corrected chi connectivity index (χ4v) is 2.58. The third-order valence-electron chi connectivity index (χ3n) is 3.37. The van der Waals surface area contributed by atoms with E-state index in [-0.39, 0.29) is 11.9 Å². The van der Waals surface area contributed by atoms with Crippen LogP contribution in [-0.2, 0) is 11.2 Å². The molecule has 98 valence electrons. The molecule has 18 heavy (non-hydrogen) atoms. The summed E-state index contributed by atoms with van der Waals surface area (Å²) in [6.07, 6.45) is 1.01. The monoisotopic (exact) mass is 246 g/mol. The van der Waals surface area contributed by atoms with Gasteiger partial charge in [-0.05, 0) is 23.5 Å². The quantitative estimate of drug-likeness (QED) is 0.884. The standard InChI is InChI=1S/C15H22N2O/c1-11(2)10-17(3)15(18)14-13-7-5-4-6-12(13)8-9-16-14/h4-7,11,14,16H,8-10H2,1-3H3. The molecule has 1 aromatic carbocycles. The molecular formula is C15H22N2O. The average molecular weight is 246 g/mol. The first-order valence-corrected chi connectivity index (χ1v) is 6.65. The van der Waals surface area contributed by atoms with Crippen LogP contribution in [0.1, 0.15) is 31.0 Å². The number of benzene rings is 1. The number of amides is 1. The van der Waals surface area contributed by atoms with Gasteiger partial charge in [-0.15, -0.1) is 0 Å². The van der Waals surface area contributed by atoms with E-state index in [2.05, 4.69) is 31.3 Å². The molecule has 1 heterocycles. The van der Waals surface area contributed by atoms with E-state index >= 15 is 0 Å². The van der Waals surface area contributed by atoms with Crippen LogP contribution in [0, 0.1) is 5.92 Å². The van der Waals surface area contributed by atoms with Gasteiger partial charge >= 0.3 is 0 Å². The largest absolute Gasteiger partial charge is 0.344 e. The average Bonchev–Trinajstić information content (AvgIpc) is 2.36. The van der Waals surface area contributed by atoms with Crippen LogP contribution in [0.15, 0.2) is 24.3 Å². The molecule has 0 bridgehead atoms. The molecule has 1 N–H and O–H groups in total. The Bertz CT molecular complexity index is 428. The van der Waals surface area contributed by atoms with Crippen LogP contribution in [0.5, 0.6) is 0 Å². The minimum absolute atomic E-state index is 0.168. The van der Waals surface area contributed by atoms with E-state index < -0.39 is 0 Å². The summed E-state index contributed by atoms with van der Waals surface area (Å²) in [5.74, 6) is 0.675. The van der Waals surface area contributed by atoms with Gasteiger partial charge in [-0.2, -0.15) is 0 Å². The highest BCUT2D eigenvalue weighted by Crippen LogP contribution is 2.24. The molecule has 1 atom stereocenters. The zero-order valence-electron chi connectivity index (χ0n) is 11.4. The van der Waals surface area contributed by atoms with Crippen molar-refractivity contribution in [1.29, 1.82) is 0 Å². The van der Waals surface area contributed by atoms with Gasteiger partial charge in [0.1, 0.15) is 6.04 Å². The molecule has 2 rings (SSSR count). The second-order valence-corrected chi connectivity index (χ2v) is 5.45. The number of fused-ring (bicyclic) bond motifs is 1. The van der Waals surface area contributed by atoms with Gasteiger partial charge in [0.25, 0.3) is 0 Å². The first-order valence-electron chi connectivity index (χ1n) is 6.65. The van der Waals surface area contributed by atoms with E-state index in [1.165, 1.54) is 5.56 Å². The summed E-state index contributed by atoms with van der Waals surface area (Å²) < 4.78 is 0. The molecule has 0 radical (unpaired) electrons. The Labute approximate surface area is 109 Å². The Morgan fingerprint density at radius 2 is 2.17 bits per heavy atom. The molecule has 3 nitrogen and oxygen atoms in total. The number of nitrogens with zero attached hydrogens (tertiary/aromatic N) is 1. The second-order valence-electron chi connectivity index (χ2n) is 5.45. The third kappa shape index (κ3) is 2.72. The molecule has 1 aromatic rings. The number of carbonyl (C=O) groups excluding carboxylic acids is 1. The Morgan fingerprint density at radius 1 is 1.44 bits per heavy atom. The van der Waals surface area contributed by atoms with Crippen LogP contribution >= 0.6 is 0 Å². The fraction of sp³-hybridized carbons (Fsp3) is 0.533. The van der Waals surface area contributed by atoms with Gasteiger partial charge in [-0.3, -0.25) is 4.79 Å². The van der Waals surface area contributed by atoms with Crippen molar-refractivity contribution < 1.29 is 4.79 Å². The lowest BCUT2D eigenvalue weighted by molar-refractivity contribution is -0.132. The van der Waals surface area contributed by atoms with Crippen LogP contribution in [-0.4, -0.2) is 30.9 Å². The minimum atomic E-state index is -0.168. The zero-order chi connectivity index (χ0) is 13.1. The summed E-state index contributed by atoms with van der Waals surface area (Å²) in [6.45, 7) is 5.94. The van der Waals surface area contributed by atoms with Crippen molar-refractivity contribution in [1.82, 2.24) is 10.2 Å². The van der Waals surface area contributed by atoms with Gasteiger partial charge in [0.05, 0.1) is 0 Å². The van der Waals surface area contributed by atoms with Crippen molar-refractivity contribution in [2.24, 2.45) is 5.92 Å². The third-order valence-corrected chi connectivity index (χ3v) is 3.37. The summed E-state index contributed by atoms with van der Waals surface area (Å²) >= 11 is 0. The highest BCUT2D eigenvalue weighted by Gasteiger charge is 2.28. The molecule has 0 saturated carbocycles. The number of carbonyl (C=O) groups is 1.